The first-order valence-corrected chi connectivity index (χ1v) is 7.52. The van der Waals surface area contributed by atoms with Gasteiger partial charge in [0.15, 0.2) is 0 Å². The van der Waals surface area contributed by atoms with Gasteiger partial charge in [0.1, 0.15) is 0 Å². The molecule has 1 heterocycles. The predicted molar refractivity (Wildman–Crippen MR) is 75.1 cm³/mol. The van der Waals surface area contributed by atoms with Crippen molar-refractivity contribution in [2.24, 2.45) is 10.4 Å². The van der Waals surface area contributed by atoms with E-state index in [2.05, 4.69) is 23.8 Å². The van der Waals surface area contributed by atoms with Crippen molar-refractivity contribution in [1.29, 1.82) is 0 Å². The molecule has 0 aromatic rings. The first-order valence-electron chi connectivity index (χ1n) is 6.37. The van der Waals surface area contributed by atoms with Gasteiger partial charge in [0.25, 0.3) is 0 Å². The standard InChI is InChI=1S/C13H20N2O3S.Na/c1-3-5-8-19-9-7-13(6-4-2)10(16)14-12(18)15-11(13)17;/h4H,2-3,5-9H2,1H3,(H2,14,15,16,17,18);/q;+1/p-1. The first-order chi connectivity index (χ1) is 9.06. The molecule has 0 bridgehead atoms. The molecule has 0 fully saturated rings. The molecule has 0 aromatic heterocycles. The number of aliphatic imine (C=N–C) groups is 1. The Hall–Kier alpha value is -0.300. The molecule has 0 saturated carbocycles. The Balaban J connectivity index is 0.00000361. The van der Waals surface area contributed by atoms with Gasteiger partial charge in [0.05, 0.1) is 5.41 Å². The van der Waals surface area contributed by atoms with Crippen LogP contribution < -0.4 is 40.0 Å². The molecule has 7 heteroatoms. The molecule has 20 heavy (non-hydrogen) atoms. The number of unbranched alkanes of at least 4 members (excludes halogenated alkanes) is 1. The monoisotopic (exact) mass is 306 g/mol. The zero-order chi connectivity index (χ0) is 14.3. The molecule has 0 aromatic carbocycles. The van der Waals surface area contributed by atoms with E-state index in [1.54, 1.807) is 11.8 Å². The molecule has 0 spiro atoms. The van der Waals surface area contributed by atoms with Gasteiger partial charge in [0, 0.05) is 0 Å². The van der Waals surface area contributed by atoms with Gasteiger partial charge in [-0.15, -0.1) is 6.58 Å². The number of rotatable bonds is 8. The van der Waals surface area contributed by atoms with Crippen LogP contribution in [0.2, 0.25) is 0 Å². The molecule has 1 unspecified atom stereocenters. The molecular formula is C13H19N2NaO3S. The Bertz CT molecular complexity index is 401. The Morgan fingerprint density at radius 2 is 2.15 bits per heavy atom. The summed E-state index contributed by atoms with van der Waals surface area (Å²) in [5.74, 6) is 0.509. The zero-order valence-electron chi connectivity index (χ0n) is 12.1. The molecule has 0 aliphatic carbocycles. The molecule has 1 aliphatic heterocycles. The van der Waals surface area contributed by atoms with Crippen LogP contribution in [0.25, 0.3) is 0 Å². The summed E-state index contributed by atoms with van der Waals surface area (Å²) in [6.45, 7) is 5.69. The van der Waals surface area contributed by atoms with Crippen LogP contribution >= 0.6 is 11.8 Å². The van der Waals surface area contributed by atoms with Crippen LogP contribution in [-0.2, 0) is 4.79 Å². The summed E-state index contributed by atoms with van der Waals surface area (Å²) in [7, 11) is 0. The van der Waals surface area contributed by atoms with Crippen molar-refractivity contribution in [2.45, 2.75) is 32.6 Å². The summed E-state index contributed by atoms with van der Waals surface area (Å²) in [4.78, 5) is 26.4. The van der Waals surface area contributed by atoms with Crippen molar-refractivity contribution < 1.29 is 44.3 Å². The Morgan fingerprint density at radius 3 is 2.70 bits per heavy atom. The molecule has 5 nitrogen and oxygen atoms in total. The van der Waals surface area contributed by atoms with Gasteiger partial charge in [-0.05, 0) is 36.7 Å². The second kappa shape index (κ2) is 9.60. The SMILES string of the molecule is C=CCC1(CCSCCCC)C(=O)NC(=O)N=C1[O-].[Na+]. The number of carbonyl (C=O) groups excluding carboxylic acids is 2. The predicted octanol–water partition coefficient (Wildman–Crippen LogP) is -1.52. The van der Waals surface area contributed by atoms with Gasteiger partial charge < -0.3 is 5.11 Å². The fraction of sp³-hybridized carbons (Fsp3) is 0.615. The smallest absolute Gasteiger partial charge is 0.861 e. The van der Waals surface area contributed by atoms with Crippen LogP contribution in [0.4, 0.5) is 4.79 Å². The van der Waals surface area contributed by atoms with Crippen LogP contribution in [0.1, 0.15) is 32.6 Å². The van der Waals surface area contributed by atoms with Crippen LogP contribution in [0.5, 0.6) is 0 Å². The van der Waals surface area contributed by atoms with Gasteiger partial charge >= 0.3 is 35.6 Å². The fourth-order valence-corrected chi connectivity index (χ4v) is 3.07. The molecule has 1 atom stereocenters. The van der Waals surface area contributed by atoms with Crippen molar-refractivity contribution in [1.82, 2.24) is 5.32 Å². The van der Waals surface area contributed by atoms with Crippen molar-refractivity contribution in [2.75, 3.05) is 11.5 Å². The van der Waals surface area contributed by atoms with E-state index in [9.17, 15) is 14.7 Å². The molecule has 0 saturated heterocycles. The molecule has 3 amide bonds. The van der Waals surface area contributed by atoms with Gasteiger partial charge in [-0.1, -0.05) is 19.4 Å². The minimum atomic E-state index is -1.24. The second-order valence-electron chi connectivity index (χ2n) is 4.47. The largest absolute Gasteiger partial charge is 1.00 e. The normalized spacial score (nSPS) is 21.8. The first kappa shape index (κ1) is 19.7. The number of imide groups is 1. The number of nitrogens with zero attached hydrogens (tertiary/aromatic N) is 1. The van der Waals surface area contributed by atoms with Crippen LogP contribution in [0, 0.1) is 5.41 Å². The topological polar surface area (TPSA) is 81.6 Å². The Labute approximate surface area is 146 Å². The fourth-order valence-electron chi connectivity index (χ4n) is 1.88. The third-order valence-corrected chi connectivity index (χ3v) is 4.15. The number of allylic oxidation sites excluding steroid dienone is 1. The second-order valence-corrected chi connectivity index (χ2v) is 5.69. The van der Waals surface area contributed by atoms with E-state index in [-0.39, 0.29) is 36.0 Å². The number of nitrogens with one attached hydrogen (secondary N) is 1. The number of hydrogen-bond donors (Lipinski definition) is 1. The van der Waals surface area contributed by atoms with Gasteiger partial charge in [-0.25, -0.2) is 9.79 Å². The minimum Gasteiger partial charge on any atom is -0.861 e. The molecular weight excluding hydrogens is 287 g/mol. The minimum absolute atomic E-state index is 0. The number of amides is 3. The van der Waals surface area contributed by atoms with E-state index in [4.69, 9.17) is 0 Å². The summed E-state index contributed by atoms with van der Waals surface area (Å²) in [5.41, 5.74) is -1.24. The van der Waals surface area contributed by atoms with E-state index >= 15 is 0 Å². The average molecular weight is 306 g/mol. The maximum Gasteiger partial charge on any atom is 1.00 e. The third kappa shape index (κ3) is 4.91. The number of hydrogen-bond acceptors (Lipinski definition) is 4. The Morgan fingerprint density at radius 1 is 1.45 bits per heavy atom. The quantitative estimate of drug-likeness (QED) is 0.336. The van der Waals surface area contributed by atoms with Crippen LogP contribution in [0.15, 0.2) is 17.6 Å². The van der Waals surface area contributed by atoms with Crippen LogP contribution in [0.3, 0.4) is 0 Å². The maximum atomic E-state index is 12.0. The number of carbonyl (C=O) groups is 2. The summed E-state index contributed by atoms with van der Waals surface area (Å²) < 4.78 is 0. The van der Waals surface area contributed by atoms with Gasteiger partial charge in [-0.3, -0.25) is 10.1 Å². The molecule has 1 rings (SSSR count). The van der Waals surface area contributed by atoms with E-state index < -0.39 is 23.3 Å². The molecule has 106 valence electrons. The van der Waals surface area contributed by atoms with Crippen molar-refractivity contribution in [3.63, 3.8) is 0 Å². The summed E-state index contributed by atoms with van der Waals surface area (Å²) in [6.07, 6.45) is 4.35. The molecule has 0 radical (unpaired) electrons. The van der Waals surface area contributed by atoms with Crippen molar-refractivity contribution in [3.8, 4) is 0 Å². The number of thioether (sulfide) groups is 1. The Kier molecular flexibility index (Phi) is 9.46. The molecule has 1 N–H and O–H groups in total. The van der Waals surface area contributed by atoms with Crippen molar-refractivity contribution in [3.05, 3.63) is 12.7 Å². The summed E-state index contributed by atoms with van der Waals surface area (Å²) >= 11 is 1.71. The average Bonchev–Trinajstić information content (AvgIpc) is 2.35. The maximum absolute atomic E-state index is 12.0. The zero-order valence-corrected chi connectivity index (χ0v) is 14.9. The molecule has 1 aliphatic rings. The third-order valence-electron chi connectivity index (χ3n) is 3.08. The summed E-state index contributed by atoms with van der Waals surface area (Å²) in [5, 5.41) is 14.1. The van der Waals surface area contributed by atoms with E-state index in [0.29, 0.717) is 12.2 Å². The summed E-state index contributed by atoms with van der Waals surface area (Å²) in [6, 6.07) is -0.867. The van der Waals surface area contributed by atoms with E-state index in [0.717, 1.165) is 18.6 Å². The number of urea groups is 1. The van der Waals surface area contributed by atoms with Crippen molar-refractivity contribution >= 4 is 29.6 Å². The van der Waals surface area contributed by atoms with Crippen LogP contribution in [-0.4, -0.2) is 29.3 Å². The van der Waals surface area contributed by atoms with E-state index in [1.165, 1.54) is 6.08 Å². The van der Waals surface area contributed by atoms with Gasteiger partial charge in [-0.2, -0.15) is 11.8 Å². The van der Waals surface area contributed by atoms with E-state index in [1.807, 2.05) is 0 Å². The van der Waals surface area contributed by atoms with Gasteiger partial charge in [0.2, 0.25) is 5.91 Å².